The van der Waals surface area contributed by atoms with Crippen LogP contribution in [-0.4, -0.2) is 37.3 Å². The Hall–Kier alpha value is -1.43. The van der Waals surface area contributed by atoms with Gasteiger partial charge in [0.15, 0.2) is 15.6 Å². The van der Waals surface area contributed by atoms with Crippen molar-refractivity contribution in [3.05, 3.63) is 24.0 Å². The minimum atomic E-state index is -2.94. The molecule has 2 rings (SSSR count). The van der Waals surface area contributed by atoms with E-state index in [0.717, 1.165) is 6.42 Å². The van der Waals surface area contributed by atoms with Gasteiger partial charge in [-0.2, -0.15) is 0 Å². The molecule has 6 heteroatoms. The van der Waals surface area contributed by atoms with Gasteiger partial charge in [-0.25, -0.2) is 8.42 Å². The molecule has 20 heavy (non-hydrogen) atoms. The highest BCUT2D eigenvalue weighted by atomic mass is 32.2. The Morgan fingerprint density at radius 2 is 2.25 bits per heavy atom. The van der Waals surface area contributed by atoms with E-state index in [9.17, 15) is 13.2 Å². The number of Topliss-reactive ketones (excluding diaryl/α,β-unsaturated/α-hetero) is 1. The van der Waals surface area contributed by atoms with Gasteiger partial charge in [0, 0.05) is 18.2 Å². The van der Waals surface area contributed by atoms with Crippen LogP contribution in [0.1, 0.15) is 36.5 Å². The summed E-state index contributed by atoms with van der Waals surface area (Å²) in [6.07, 6.45) is 4.81. The standard InChI is InChI=1S/C14H19NO4S/c1-2-4-19-13-7-12(8-15-9-13)14(16)6-11-3-5-20(17,18)10-11/h7-9,11H,2-6,10H2,1H3. The first-order valence-corrected chi connectivity index (χ1v) is 8.64. The van der Waals surface area contributed by atoms with Gasteiger partial charge in [0.05, 0.1) is 24.3 Å². The third-order valence-electron chi connectivity index (χ3n) is 3.31. The monoisotopic (exact) mass is 297 g/mol. The van der Waals surface area contributed by atoms with Gasteiger partial charge in [-0.3, -0.25) is 9.78 Å². The third-order valence-corrected chi connectivity index (χ3v) is 5.15. The van der Waals surface area contributed by atoms with Gasteiger partial charge in [0.2, 0.25) is 0 Å². The van der Waals surface area contributed by atoms with Crippen molar-refractivity contribution in [2.45, 2.75) is 26.2 Å². The lowest BCUT2D eigenvalue weighted by molar-refractivity contribution is 0.0965. The Morgan fingerprint density at radius 3 is 2.90 bits per heavy atom. The molecule has 0 spiro atoms. The summed E-state index contributed by atoms with van der Waals surface area (Å²) in [6.45, 7) is 2.59. The predicted octanol–water partition coefficient (Wildman–Crippen LogP) is 1.88. The molecule has 1 fully saturated rings. The number of hydrogen-bond acceptors (Lipinski definition) is 5. The van der Waals surface area contributed by atoms with E-state index in [4.69, 9.17) is 4.74 Å². The Kier molecular flexibility index (Phi) is 4.75. The molecule has 1 aromatic heterocycles. The maximum atomic E-state index is 12.1. The van der Waals surface area contributed by atoms with Crippen molar-refractivity contribution in [2.24, 2.45) is 5.92 Å². The quantitative estimate of drug-likeness (QED) is 0.750. The van der Waals surface area contributed by atoms with Gasteiger partial charge in [-0.1, -0.05) is 6.92 Å². The van der Waals surface area contributed by atoms with Crippen molar-refractivity contribution in [1.82, 2.24) is 4.98 Å². The fourth-order valence-electron chi connectivity index (χ4n) is 2.28. The molecule has 0 amide bonds. The van der Waals surface area contributed by atoms with Gasteiger partial charge in [-0.15, -0.1) is 0 Å². The number of nitrogens with zero attached hydrogens (tertiary/aromatic N) is 1. The van der Waals surface area contributed by atoms with E-state index in [1.165, 1.54) is 6.20 Å². The summed E-state index contributed by atoms with van der Waals surface area (Å²) in [5, 5.41) is 0. The number of carbonyl (C=O) groups is 1. The molecule has 0 radical (unpaired) electrons. The van der Waals surface area contributed by atoms with Crippen LogP contribution in [0.3, 0.4) is 0 Å². The van der Waals surface area contributed by atoms with Crippen LogP contribution in [-0.2, 0) is 9.84 Å². The van der Waals surface area contributed by atoms with Crippen LogP contribution in [0.25, 0.3) is 0 Å². The Morgan fingerprint density at radius 1 is 1.45 bits per heavy atom. The van der Waals surface area contributed by atoms with Crippen molar-refractivity contribution in [3.63, 3.8) is 0 Å². The predicted molar refractivity (Wildman–Crippen MR) is 75.7 cm³/mol. The Bertz CT molecular complexity index is 583. The van der Waals surface area contributed by atoms with E-state index >= 15 is 0 Å². The number of carbonyl (C=O) groups excluding carboxylic acids is 1. The van der Waals surface area contributed by atoms with Gasteiger partial charge in [-0.05, 0) is 24.8 Å². The molecule has 1 aromatic rings. The SMILES string of the molecule is CCCOc1cncc(C(=O)CC2CCS(=O)(=O)C2)c1. The molecule has 110 valence electrons. The van der Waals surface area contributed by atoms with Crippen LogP contribution in [0.4, 0.5) is 0 Å². The molecular weight excluding hydrogens is 278 g/mol. The topological polar surface area (TPSA) is 73.3 Å². The molecule has 1 saturated heterocycles. The number of ketones is 1. The molecule has 0 bridgehead atoms. The van der Waals surface area contributed by atoms with E-state index in [1.807, 2.05) is 6.92 Å². The number of aromatic nitrogens is 1. The maximum Gasteiger partial charge on any atom is 0.164 e. The summed E-state index contributed by atoms with van der Waals surface area (Å²) >= 11 is 0. The molecule has 0 N–H and O–H groups in total. The minimum absolute atomic E-state index is 0.0623. The lowest BCUT2D eigenvalue weighted by Gasteiger charge is -2.08. The van der Waals surface area contributed by atoms with Crippen LogP contribution >= 0.6 is 0 Å². The van der Waals surface area contributed by atoms with Crippen molar-refractivity contribution in [3.8, 4) is 5.75 Å². The van der Waals surface area contributed by atoms with E-state index in [2.05, 4.69) is 4.98 Å². The molecule has 0 aromatic carbocycles. The number of sulfone groups is 1. The van der Waals surface area contributed by atoms with E-state index in [-0.39, 0.29) is 29.6 Å². The van der Waals surface area contributed by atoms with Crippen LogP contribution in [0, 0.1) is 5.92 Å². The molecule has 1 atom stereocenters. The Labute approximate surface area is 119 Å². The lowest BCUT2D eigenvalue weighted by Crippen LogP contribution is -2.11. The Balaban J connectivity index is 1.99. The van der Waals surface area contributed by atoms with Crippen LogP contribution in [0.2, 0.25) is 0 Å². The van der Waals surface area contributed by atoms with Crippen LogP contribution in [0.15, 0.2) is 18.5 Å². The summed E-state index contributed by atoms with van der Waals surface area (Å²) < 4.78 is 28.2. The summed E-state index contributed by atoms with van der Waals surface area (Å²) in [5.74, 6) is 0.770. The normalized spacial score (nSPS) is 20.8. The van der Waals surface area contributed by atoms with Crippen LogP contribution in [0.5, 0.6) is 5.75 Å². The average molecular weight is 297 g/mol. The maximum absolute atomic E-state index is 12.1. The zero-order valence-corrected chi connectivity index (χ0v) is 12.4. The smallest absolute Gasteiger partial charge is 0.164 e. The van der Waals surface area contributed by atoms with Gasteiger partial charge < -0.3 is 4.74 Å². The highest BCUT2D eigenvalue weighted by molar-refractivity contribution is 7.91. The fraction of sp³-hybridized carbons (Fsp3) is 0.571. The second kappa shape index (κ2) is 6.35. The highest BCUT2D eigenvalue weighted by Crippen LogP contribution is 2.24. The first-order chi connectivity index (χ1) is 9.50. The van der Waals surface area contributed by atoms with E-state index in [0.29, 0.717) is 24.3 Å². The molecule has 1 aliphatic rings. The van der Waals surface area contributed by atoms with Gasteiger partial charge in [0.1, 0.15) is 5.75 Å². The summed E-state index contributed by atoms with van der Waals surface area (Å²) in [5.41, 5.74) is 0.489. The van der Waals surface area contributed by atoms with Gasteiger partial charge in [0.25, 0.3) is 0 Å². The largest absolute Gasteiger partial charge is 0.492 e. The minimum Gasteiger partial charge on any atom is -0.492 e. The van der Waals surface area contributed by atoms with Crippen LogP contribution < -0.4 is 4.74 Å². The highest BCUT2D eigenvalue weighted by Gasteiger charge is 2.29. The zero-order chi connectivity index (χ0) is 14.6. The van der Waals surface area contributed by atoms with Crippen molar-refractivity contribution in [1.29, 1.82) is 0 Å². The first kappa shape index (κ1) is 15.0. The molecule has 0 aliphatic carbocycles. The zero-order valence-electron chi connectivity index (χ0n) is 11.5. The summed E-state index contributed by atoms with van der Waals surface area (Å²) in [7, 11) is -2.94. The number of rotatable bonds is 6. The summed E-state index contributed by atoms with van der Waals surface area (Å²) in [4.78, 5) is 16.1. The van der Waals surface area contributed by atoms with E-state index in [1.54, 1.807) is 12.3 Å². The molecule has 1 aliphatic heterocycles. The van der Waals surface area contributed by atoms with E-state index < -0.39 is 9.84 Å². The fourth-order valence-corrected chi connectivity index (χ4v) is 4.15. The molecule has 5 nitrogen and oxygen atoms in total. The number of pyridine rings is 1. The molecule has 1 unspecified atom stereocenters. The summed E-state index contributed by atoms with van der Waals surface area (Å²) in [6, 6.07) is 1.68. The molecule has 0 saturated carbocycles. The molecular formula is C14H19NO4S. The second-order valence-electron chi connectivity index (χ2n) is 5.15. The van der Waals surface area contributed by atoms with Crippen molar-refractivity contribution >= 4 is 15.6 Å². The molecule has 2 heterocycles. The van der Waals surface area contributed by atoms with Crippen molar-refractivity contribution in [2.75, 3.05) is 18.1 Å². The second-order valence-corrected chi connectivity index (χ2v) is 7.38. The van der Waals surface area contributed by atoms with Crippen molar-refractivity contribution < 1.29 is 17.9 Å². The lowest BCUT2D eigenvalue weighted by atomic mass is 9.99. The number of ether oxygens (including phenoxy) is 1. The first-order valence-electron chi connectivity index (χ1n) is 6.81. The van der Waals surface area contributed by atoms with Gasteiger partial charge >= 0.3 is 0 Å². The average Bonchev–Trinajstić information content (AvgIpc) is 2.76. The number of hydrogen-bond donors (Lipinski definition) is 0. The third kappa shape index (κ3) is 4.03.